The quantitative estimate of drug-likeness (QED) is 0.410. The molecule has 6 heteroatoms. The molecule has 2 aromatic rings. The van der Waals surface area contributed by atoms with Gasteiger partial charge in [-0.2, -0.15) is 0 Å². The Morgan fingerprint density at radius 2 is 2.00 bits per heavy atom. The van der Waals surface area contributed by atoms with E-state index >= 15 is 0 Å². The molecule has 0 amide bonds. The first-order chi connectivity index (χ1) is 12.4. The number of Topliss-reactive ketones (excluding diaryl/α,β-unsaturated/α-hetero) is 1. The molecule has 0 radical (unpaired) electrons. The molecule has 0 unspecified atom stereocenters. The van der Waals surface area contributed by atoms with E-state index in [9.17, 15) is 9.59 Å². The molecule has 2 aliphatic rings. The molecule has 0 N–H and O–H groups in total. The van der Waals surface area contributed by atoms with Gasteiger partial charge in [-0.3, -0.25) is 9.59 Å². The maximum Gasteiger partial charge on any atom is 0.314 e. The molecule has 4 rings (SSSR count). The van der Waals surface area contributed by atoms with Crippen LogP contribution in [0.5, 0.6) is 11.5 Å². The zero-order chi connectivity index (χ0) is 18.4. The summed E-state index contributed by atoms with van der Waals surface area (Å²) in [6.07, 6.45) is 3.31. The Balaban J connectivity index is 1.65. The lowest BCUT2D eigenvalue weighted by Crippen LogP contribution is -2.10. The van der Waals surface area contributed by atoms with E-state index in [4.69, 9.17) is 32.7 Å². The maximum absolute atomic E-state index is 12.6. The van der Waals surface area contributed by atoms with Gasteiger partial charge in [-0.25, -0.2) is 0 Å². The number of hydrogen-bond acceptors (Lipinski definition) is 4. The van der Waals surface area contributed by atoms with Crippen molar-refractivity contribution < 1.29 is 19.1 Å². The van der Waals surface area contributed by atoms with E-state index in [1.54, 1.807) is 43.3 Å². The second-order valence-corrected chi connectivity index (χ2v) is 7.21. The zero-order valence-corrected chi connectivity index (χ0v) is 15.4. The van der Waals surface area contributed by atoms with Gasteiger partial charge >= 0.3 is 5.97 Å². The molecule has 1 fully saturated rings. The normalized spacial score (nSPS) is 17.2. The minimum Gasteiger partial charge on any atom is -0.452 e. The van der Waals surface area contributed by atoms with Crippen molar-refractivity contribution in [3.05, 3.63) is 62.8 Å². The Morgan fingerprint density at radius 1 is 1.23 bits per heavy atom. The fourth-order valence-corrected chi connectivity index (χ4v) is 3.21. The first-order valence-corrected chi connectivity index (χ1v) is 8.94. The highest BCUT2D eigenvalue weighted by atomic mass is 35.5. The molecule has 0 bridgehead atoms. The molecular weight excluding hydrogens is 375 g/mol. The molecule has 26 heavy (non-hydrogen) atoms. The molecule has 0 saturated heterocycles. The van der Waals surface area contributed by atoms with Gasteiger partial charge in [-0.15, -0.1) is 0 Å². The Hall–Kier alpha value is -2.30. The Kier molecular flexibility index (Phi) is 4.25. The van der Waals surface area contributed by atoms with Crippen molar-refractivity contribution in [2.45, 2.75) is 19.8 Å². The van der Waals surface area contributed by atoms with Gasteiger partial charge in [0.25, 0.3) is 0 Å². The summed E-state index contributed by atoms with van der Waals surface area (Å²) >= 11 is 12.1. The first kappa shape index (κ1) is 17.1. The average molecular weight is 389 g/mol. The third kappa shape index (κ3) is 3.11. The van der Waals surface area contributed by atoms with E-state index in [-0.39, 0.29) is 23.4 Å². The predicted octanol–water partition coefficient (Wildman–Crippen LogP) is 5.23. The highest BCUT2D eigenvalue weighted by Gasteiger charge is 2.34. The van der Waals surface area contributed by atoms with Crippen LogP contribution in [0.1, 0.15) is 34.3 Å². The molecule has 0 atom stereocenters. The Morgan fingerprint density at radius 3 is 2.69 bits per heavy atom. The van der Waals surface area contributed by atoms with Crippen molar-refractivity contribution in [2.24, 2.45) is 5.92 Å². The van der Waals surface area contributed by atoms with Crippen LogP contribution in [0.4, 0.5) is 0 Å². The van der Waals surface area contributed by atoms with Gasteiger partial charge in [0.1, 0.15) is 11.5 Å². The van der Waals surface area contributed by atoms with Gasteiger partial charge in [0.05, 0.1) is 11.5 Å². The highest BCUT2D eigenvalue weighted by molar-refractivity contribution is 6.35. The lowest BCUT2D eigenvalue weighted by atomic mass is 10.1. The summed E-state index contributed by atoms with van der Waals surface area (Å²) in [5.74, 6) is 0.507. The minimum absolute atomic E-state index is 0.00675. The minimum atomic E-state index is -0.241. The first-order valence-electron chi connectivity index (χ1n) is 8.18. The van der Waals surface area contributed by atoms with Crippen LogP contribution < -0.4 is 9.47 Å². The van der Waals surface area contributed by atoms with Gasteiger partial charge in [0.15, 0.2) is 5.76 Å². The second kappa shape index (κ2) is 6.45. The Bertz CT molecular complexity index is 974. The molecule has 1 heterocycles. The van der Waals surface area contributed by atoms with Crippen molar-refractivity contribution in [1.29, 1.82) is 0 Å². The smallest absolute Gasteiger partial charge is 0.314 e. The number of carbonyl (C=O) groups excluding carboxylic acids is 2. The van der Waals surface area contributed by atoms with E-state index in [1.165, 1.54) is 0 Å². The Labute approximate surface area is 160 Å². The number of ether oxygens (including phenoxy) is 2. The molecule has 2 aromatic carbocycles. The van der Waals surface area contributed by atoms with Crippen LogP contribution in [-0.4, -0.2) is 11.8 Å². The zero-order valence-electron chi connectivity index (χ0n) is 13.8. The lowest BCUT2D eigenvalue weighted by Gasteiger charge is -2.09. The van der Waals surface area contributed by atoms with Crippen LogP contribution >= 0.6 is 23.2 Å². The van der Waals surface area contributed by atoms with Gasteiger partial charge in [-0.1, -0.05) is 29.3 Å². The standard InChI is InChI=1S/C20H14Cl2O4/c1-10-16(26-20(24)11-2-3-11)7-6-14-18(23)17(25-19(10)14)8-12-4-5-13(21)9-15(12)22/h4-9,11H,2-3H2,1H3/b17-8-. The van der Waals surface area contributed by atoms with Crippen LogP contribution in [-0.2, 0) is 4.79 Å². The number of carbonyl (C=O) groups is 2. The number of benzene rings is 2. The van der Waals surface area contributed by atoms with Crippen molar-refractivity contribution in [3.63, 3.8) is 0 Å². The third-order valence-corrected chi connectivity index (χ3v) is 4.97. The van der Waals surface area contributed by atoms with Crippen LogP contribution in [0.15, 0.2) is 36.1 Å². The average Bonchev–Trinajstić information content (AvgIpc) is 3.40. The number of allylic oxidation sites excluding steroid dienone is 1. The molecule has 0 spiro atoms. The third-order valence-electron chi connectivity index (χ3n) is 4.41. The molecule has 0 aromatic heterocycles. The number of hydrogen-bond donors (Lipinski definition) is 0. The van der Waals surface area contributed by atoms with Crippen LogP contribution in [0.3, 0.4) is 0 Å². The van der Waals surface area contributed by atoms with Crippen molar-refractivity contribution in [2.75, 3.05) is 0 Å². The summed E-state index contributed by atoms with van der Waals surface area (Å²) in [5.41, 5.74) is 1.69. The highest BCUT2D eigenvalue weighted by Crippen LogP contribution is 2.40. The molecule has 1 saturated carbocycles. The van der Waals surface area contributed by atoms with Gasteiger partial charge in [0.2, 0.25) is 5.78 Å². The molecular formula is C20H14Cl2O4. The van der Waals surface area contributed by atoms with E-state index in [0.717, 1.165) is 12.8 Å². The summed E-state index contributed by atoms with van der Waals surface area (Å²) in [4.78, 5) is 24.5. The van der Waals surface area contributed by atoms with Crippen molar-refractivity contribution in [3.8, 4) is 11.5 Å². The molecule has 4 nitrogen and oxygen atoms in total. The van der Waals surface area contributed by atoms with Crippen LogP contribution in [0, 0.1) is 12.8 Å². The topological polar surface area (TPSA) is 52.6 Å². The van der Waals surface area contributed by atoms with Crippen molar-refractivity contribution in [1.82, 2.24) is 0 Å². The monoisotopic (exact) mass is 388 g/mol. The van der Waals surface area contributed by atoms with Crippen molar-refractivity contribution >= 4 is 41.0 Å². The van der Waals surface area contributed by atoms with Gasteiger partial charge in [0, 0.05) is 15.6 Å². The van der Waals surface area contributed by atoms with E-state index < -0.39 is 0 Å². The SMILES string of the molecule is Cc1c(OC(=O)C2CC2)ccc2c1O/C(=C\c1ccc(Cl)cc1Cl)C2=O. The summed E-state index contributed by atoms with van der Waals surface area (Å²) in [6.45, 7) is 1.76. The summed E-state index contributed by atoms with van der Waals surface area (Å²) in [7, 11) is 0. The number of esters is 1. The lowest BCUT2D eigenvalue weighted by molar-refractivity contribution is -0.135. The molecule has 1 aliphatic carbocycles. The number of ketones is 1. The summed E-state index contributed by atoms with van der Waals surface area (Å²) in [6, 6.07) is 8.25. The number of fused-ring (bicyclic) bond motifs is 1. The summed E-state index contributed by atoms with van der Waals surface area (Å²) < 4.78 is 11.2. The predicted molar refractivity (Wildman–Crippen MR) is 98.9 cm³/mol. The fourth-order valence-electron chi connectivity index (χ4n) is 2.75. The number of halogens is 2. The van der Waals surface area contributed by atoms with E-state index in [0.29, 0.717) is 38.2 Å². The van der Waals surface area contributed by atoms with Crippen LogP contribution in [0.2, 0.25) is 10.0 Å². The second-order valence-electron chi connectivity index (χ2n) is 6.37. The van der Waals surface area contributed by atoms with E-state index in [2.05, 4.69) is 0 Å². The number of rotatable bonds is 3. The summed E-state index contributed by atoms with van der Waals surface area (Å²) in [5, 5.41) is 0.935. The molecule has 132 valence electrons. The largest absolute Gasteiger partial charge is 0.452 e. The van der Waals surface area contributed by atoms with Gasteiger partial charge < -0.3 is 9.47 Å². The molecule has 1 aliphatic heterocycles. The maximum atomic E-state index is 12.6. The fraction of sp³-hybridized carbons (Fsp3) is 0.200. The van der Waals surface area contributed by atoms with E-state index in [1.807, 2.05) is 0 Å². The van der Waals surface area contributed by atoms with Crippen LogP contribution in [0.25, 0.3) is 6.08 Å². The van der Waals surface area contributed by atoms with Gasteiger partial charge in [-0.05, 0) is 55.7 Å².